The van der Waals surface area contributed by atoms with Crippen LogP contribution in [0, 0.1) is 0 Å². The lowest BCUT2D eigenvalue weighted by atomic mass is 9.99. The molecule has 3 fully saturated rings. The monoisotopic (exact) mass is 1030 g/mol. The predicted molar refractivity (Wildman–Crippen MR) is 246 cm³/mol. The standard InChI is InChI=1S/C44H57Br2N9O10/c45-30-21-26(22-31(46)39(30)65-42-38(59)37(58)36(57)35(25-56)64-42)23-34(51-43(62)54-15-10-29(11-16-54)55-24-27-5-1-2-6-32(27)50-44(55)63)40(60)49-33(7-3-4-12-47)41(61)53-19-17-52(18-20-53)28-8-13-48-14-9-28/h1-2,5-6,8-9,13-14,21-22,29,33-38,42,56-59H,3-4,7,10-12,15-20,23-25,47H2,(H,49,60)(H,50,63)(H,51,62)/t33-,34+,35+,36+,37-,38+,42-/m0/s1. The number of aromatic nitrogens is 1. The van der Waals surface area contributed by atoms with E-state index in [-0.39, 0.29) is 30.2 Å². The third-order valence-electron chi connectivity index (χ3n) is 12.4. The van der Waals surface area contributed by atoms with Gasteiger partial charge in [0.05, 0.1) is 15.6 Å². The summed E-state index contributed by atoms with van der Waals surface area (Å²) in [4.78, 5) is 67.3. The number of nitrogens with zero attached hydrogens (tertiary/aromatic N) is 5. The third-order valence-corrected chi connectivity index (χ3v) is 13.6. The van der Waals surface area contributed by atoms with E-state index in [0.29, 0.717) is 99.0 Å². The first-order chi connectivity index (χ1) is 31.3. The van der Waals surface area contributed by atoms with Crippen molar-refractivity contribution in [1.82, 2.24) is 30.3 Å². The molecule has 4 aliphatic rings. The topological polar surface area (TPSA) is 256 Å². The average molecular weight is 1030 g/mol. The molecule has 7 atom stereocenters. The number of halogens is 2. The fourth-order valence-corrected chi connectivity index (χ4v) is 10.2. The van der Waals surface area contributed by atoms with Gasteiger partial charge in [-0.25, -0.2) is 9.59 Å². The summed E-state index contributed by atoms with van der Waals surface area (Å²) in [7, 11) is 0. The van der Waals surface area contributed by atoms with Crippen LogP contribution in [0.2, 0.25) is 0 Å². The Morgan fingerprint density at radius 1 is 0.892 bits per heavy atom. The zero-order chi connectivity index (χ0) is 46.2. The molecule has 0 aliphatic carbocycles. The van der Waals surface area contributed by atoms with E-state index in [2.05, 4.69) is 57.7 Å². The molecule has 9 N–H and O–H groups in total. The Hall–Kier alpha value is -4.61. The van der Waals surface area contributed by atoms with Crippen LogP contribution in [0.15, 0.2) is 69.9 Å². The number of aliphatic hydroxyl groups excluding tert-OH is 4. The van der Waals surface area contributed by atoms with Crippen LogP contribution in [0.1, 0.15) is 43.2 Å². The molecule has 5 heterocycles. The zero-order valence-electron chi connectivity index (χ0n) is 35.8. The summed E-state index contributed by atoms with van der Waals surface area (Å²) in [5, 5.41) is 49.8. The lowest BCUT2D eigenvalue weighted by Crippen LogP contribution is -2.60. The highest BCUT2D eigenvalue weighted by molar-refractivity contribution is 9.11. The fourth-order valence-electron chi connectivity index (χ4n) is 8.69. The molecule has 6 amide bonds. The highest BCUT2D eigenvalue weighted by atomic mass is 79.9. The van der Waals surface area contributed by atoms with Crippen molar-refractivity contribution < 1.29 is 49.1 Å². The van der Waals surface area contributed by atoms with Gasteiger partial charge in [-0.2, -0.15) is 0 Å². The van der Waals surface area contributed by atoms with E-state index in [1.165, 1.54) is 0 Å². The number of para-hydroxylation sites is 1. The number of ether oxygens (including phenoxy) is 2. The number of hydrogen-bond donors (Lipinski definition) is 8. The molecule has 0 radical (unpaired) electrons. The minimum Gasteiger partial charge on any atom is -0.460 e. The molecule has 0 bridgehead atoms. The van der Waals surface area contributed by atoms with Gasteiger partial charge in [-0.1, -0.05) is 18.2 Å². The lowest BCUT2D eigenvalue weighted by Gasteiger charge is -2.40. The fraction of sp³-hybridized carbons (Fsp3) is 0.523. The van der Waals surface area contributed by atoms with Crippen molar-refractivity contribution in [3.05, 3.63) is 81.0 Å². The summed E-state index contributed by atoms with van der Waals surface area (Å²) in [5.41, 5.74) is 9.21. The number of likely N-dealkylation sites (tertiary alicyclic amines) is 1. The number of anilines is 2. The molecule has 65 heavy (non-hydrogen) atoms. The minimum absolute atomic E-state index is 0.0206. The number of fused-ring (bicyclic) bond motifs is 1. The summed E-state index contributed by atoms with van der Waals surface area (Å²) in [6.45, 7) is 3.03. The maximum Gasteiger partial charge on any atom is 0.322 e. The predicted octanol–water partition coefficient (Wildman–Crippen LogP) is 1.88. The number of nitrogens with one attached hydrogen (secondary N) is 3. The normalized spacial score (nSPS) is 23.6. The number of pyridine rings is 1. The van der Waals surface area contributed by atoms with Crippen LogP contribution in [0.25, 0.3) is 0 Å². The van der Waals surface area contributed by atoms with Crippen LogP contribution < -0.4 is 31.3 Å². The Balaban J connectivity index is 1.07. The molecule has 4 aliphatic heterocycles. The smallest absolute Gasteiger partial charge is 0.322 e. The first-order valence-corrected chi connectivity index (χ1v) is 23.5. The number of piperazine rings is 1. The molecule has 2 aromatic carbocycles. The van der Waals surface area contributed by atoms with Gasteiger partial charge in [0.2, 0.25) is 18.1 Å². The quantitative estimate of drug-likeness (QED) is 0.101. The van der Waals surface area contributed by atoms with E-state index in [0.717, 1.165) is 16.9 Å². The molecule has 352 valence electrons. The Morgan fingerprint density at radius 2 is 1.58 bits per heavy atom. The molecule has 0 saturated carbocycles. The van der Waals surface area contributed by atoms with Gasteiger partial charge in [0.1, 0.15) is 36.5 Å². The van der Waals surface area contributed by atoms with Crippen molar-refractivity contribution in [2.45, 2.75) is 93.9 Å². The second-order valence-corrected chi connectivity index (χ2v) is 18.4. The molecular weight excluding hydrogens is 974 g/mol. The van der Waals surface area contributed by atoms with Crippen molar-refractivity contribution >= 4 is 67.1 Å². The van der Waals surface area contributed by atoms with Crippen LogP contribution >= 0.6 is 31.9 Å². The summed E-state index contributed by atoms with van der Waals surface area (Å²) in [6, 6.07) is 12.0. The highest BCUT2D eigenvalue weighted by Crippen LogP contribution is 2.38. The SMILES string of the molecule is NCCCC[C@H](NC(=O)[C@@H](Cc1cc(Br)c(O[C@@H]2O[C@H](CO)[C@@H](O)[C@H](O)[C@H]2O)c(Br)c1)NC(=O)N1CCC(N2Cc3ccccc3NC2=O)CC1)C(=O)N1CCN(c2ccncc2)CC1. The number of unbranched alkanes of at least 4 members (excludes halogenated alkanes) is 1. The largest absolute Gasteiger partial charge is 0.460 e. The van der Waals surface area contributed by atoms with Crippen molar-refractivity contribution in [3.63, 3.8) is 0 Å². The second kappa shape index (κ2) is 22.3. The van der Waals surface area contributed by atoms with Crippen molar-refractivity contribution in [3.8, 4) is 5.75 Å². The van der Waals surface area contributed by atoms with Crippen LogP contribution in [0.4, 0.5) is 21.0 Å². The number of nitrogens with two attached hydrogens (primary N) is 1. The molecule has 3 saturated heterocycles. The Kier molecular flexibility index (Phi) is 16.5. The number of hydrogen-bond acceptors (Lipinski definition) is 13. The van der Waals surface area contributed by atoms with Crippen molar-refractivity contribution in [1.29, 1.82) is 0 Å². The summed E-state index contributed by atoms with van der Waals surface area (Å²) in [5.74, 6) is -0.625. The molecule has 21 heteroatoms. The Bertz CT molecular complexity index is 2100. The van der Waals surface area contributed by atoms with E-state index in [1.54, 1.807) is 39.2 Å². The van der Waals surface area contributed by atoms with Gasteiger partial charge in [-0.05, 0) is 112 Å². The number of piperidine rings is 1. The van der Waals surface area contributed by atoms with Gasteiger partial charge in [0, 0.05) is 82.0 Å². The Morgan fingerprint density at radius 3 is 2.26 bits per heavy atom. The first-order valence-electron chi connectivity index (χ1n) is 21.9. The van der Waals surface area contributed by atoms with Crippen molar-refractivity contribution in [2.24, 2.45) is 5.73 Å². The van der Waals surface area contributed by atoms with Gasteiger partial charge in [0.15, 0.2) is 5.75 Å². The van der Waals surface area contributed by atoms with Gasteiger partial charge in [-0.3, -0.25) is 14.6 Å². The number of aliphatic hydroxyl groups is 4. The number of rotatable bonds is 15. The Labute approximate surface area is 393 Å². The summed E-state index contributed by atoms with van der Waals surface area (Å²) < 4.78 is 12.2. The third kappa shape index (κ3) is 11.7. The zero-order valence-corrected chi connectivity index (χ0v) is 39.0. The van der Waals surface area contributed by atoms with Crippen molar-refractivity contribution in [2.75, 3.05) is 62.6 Å². The number of benzene rings is 2. The number of carbonyl (C=O) groups excluding carboxylic acids is 4. The average Bonchev–Trinajstić information content (AvgIpc) is 3.32. The van der Waals surface area contributed by atoms with E-state index in [4.69, 9.17) is 15.2 Å². The van der Waals surface area contributed by atoms with Gasteiger partial charge < -0.3 is 71.2 Å². The van der Waals surface area contributed by atoms with Crippen LogP contribution in [-0.2, 0) is 27.3 Å². The van der Waals surface area contributed by atoms with Crippen LogP contribution in [0.5, 0.6) is 5.75 Å². The van der Waals surface area contributed by atoms with Crippen LogP contribution in [-0.4, -0.2) is 165 Å². The lowest BCUT2D eigenvalue weighted by molar-refractivity contribution is -0.277. The van der Waals surface area contributed by atoms with Crippen LogP contribution in [0.3, 0.4) is 0 Å². The molecule has 7 rings (SSSR count). The summed E-state index contributed by atoms with van der Waals surface area (Å²) >= 11 is 7.01. The highest BCUT2D eigenvalue weighted by Gasteiger charge is 2.45. The molecule has 0 unspecified atom stereocenters. The van der Waals surface area contributed by atoms with Gasteiger partial charge in [-0.15, -0.1) is 0 Å². The molecule has 0 spiro atoms. The molecular formula is C44H57Br2N9O10. The molecule has 19 nitrogen and oxygen atoms in total. The first kappa shape index (κ1) is 48.3. The van der Waals surface area contributed by atoms with Gasteiger partial charge in [0.25, 0.3) is 0 Å². The number of urea groups is 2. The summed E-state index contributed by atoms with van der Waals surface area (Å²) in [6.07, 6.45) is -1.44. The van der Waals surface area contributed by atoms with Gasteiger partial charge >= 0.3 is 12.1 Å². The van der Waals surface area contributed by atoms with E-state index >= 15 is 0 Å². The van der Waals surface area contributed by atoms with E-state index in [9.17, 15) is 39.6 Å². The van der Waals surface area contributed by atoms with E-state index < -0.39 is 61.3 Å². The molecule has 1 aromatic heterocycles. The molecule has 3 aromatic rings. The number of amides is 6. The maximum atomic E-state index is 14.5. The van der Waals surface area contributed by atoms with E-state index in [1.807, 2.05) is 36.4 Å². The number of carbonyl (C=O) groups is 4. The minimum atomic E-state index is -1.65. The second-order valence-electron chi connectivity index (χ2n) is 16.7. The maximum absolute atomic E-state index is 14.5.